The number of ether oxygens (including phenoxy) is 2. The minimum absolute atomic E-state index is 0.177. The molecule has 1 fully saturated rings. The number of nitrogens with one attached hydrogen (secondary N) is 1. The molecule has 0 radical (unpaired) electrons. The molecule has 1 saturated heterocycles. The fourth-order valence-electron chi connectivity index (χ4n) is 2.16. The van der Waals surface area contributed by atoms with Crippen LogP contribution in [0.25, 0.3) is 0 Å². The predicted molar refractivity (Wildman–Crippen MR) is 79.8 cm³/mol. The summed E-state index contributed by atoms with van der Waals surface area (Å²) >= 11 is 1.86. The van der Waals surface area contributed by atoms with Crippen molar-refractivity contribution in [2.45, 2.75) is 39.2 Å². The molecule has 0 bridgehead atoms. The molecule has 0 saturated carbocycles. The molecule has 0 aromatic carbocycles. The van der Waals surface area contributed by atoms with Gasteiger partial charge in [-0.25, -0.2) is 4.79 Å². The zero-order valence-electron chi connectivity index (χ0n) is 12.7. The van der Waals surface area contributed by atoms with E-state index in [2.05, 4.69) is 5.32 Å². The van der Waals surface area contributed by atoms with Crippen molar-refractivity contribution in [3.63, 3.8) is 0 Å². The summed E-state index contributed by atoms with van der Waals surface area (Å²) < 4.78 is 9.95. The Morgan fingerprint density at radius 2 is 2.00 bits per heavy atom. The van der Waals surface area contributed by atoms with Crippen molar-refractivity contribution < 1.29 is 19.1 Å². The maximum atomic E-state index is 11.7. The molecule has 5 nitrogen and oxygen atoms in total. The summed E-state index contributed by atoms with van der Waals surface area (Å²) in [5, 5.41) is 2.80. The molecule has 0 aromatic heterocycles. The Balaban J connectivity index is 2.42. The summed E-state index contributed by atoms with van der Waals surface area (Å²) in [5.74, 6) is 2.41. The number of methoxy groups -OCH3 is 1. The molecule has 6 heteroatoms. The maximum Gasteiger partial charge on any atom is 0.407 e. The lowest BCUT2D eigenvalue weighted by molar-refractivity contribution is -0.142. The number of esters is 1. The second kappa shape index (κ2) is 7.76. The topological polar surface area (TPSA) is 64.6 Å². The molecule has 1 aliphatic rings. The van der Waals surface area contributed by atoms with Gasteiger partial charge in [0.25, 0.3) is 0 Å². The van der Waals surface area contributed by atoms with Gasteiger partial charge in [0.05, 0.1) is 7.11 Å². The van der Waals surface area contributed by atoms with Gasteiger partial charge in [0.15, 0.2) is 0 Å². The average Bonchev–Trinajstić information content (AvgIpc) is 2.35. The van der Waals surface area contributed by atoms with Crippen LogP contribution in [0.5, 0.6) is 0 Å². The number of carbonyl (C=O) groups excluding carboxylic acids is 2. The van der Waals surface area contributed by atoms with Crippen LogP contribution >= 0.6 is 11.8 Å². The molecule has 2 atom stereocenters. The van der Waals surface area contributed by atoms with Crippen LogP contribution in [0.1, 0.15) is 33.6 Å². The Labute approximate surface area is 125 Å². The molecule has 2 unspecified atom stereocenters. The van der Waals surface area contributed by atoms with Gasteiger partial charge in [-0.3, -0.25) is 4.79 Å². The van der Waals surface area contributed by atoms with E-state index in [0.717, 1.165) is 17.9 Å². The van der Waals surface area contributed by atoms with Gasteiger partial charge in [0, 0.05) is 13.0 Å². The first kappa shape index (κ1) is 17.1. The Hall–Kier alpha value is -0.910. The number of thioether (sulfide) groups is 1. The number of carbonyl (C=O) groups is 2. The highest BCUT2D eigenvalue weighted by molar-refractivity contribution is 7.99. The molecule has 0 spiro atoms. The van der Waals surface area contributed by atoms with E-state index in [4.69, 9.17) is 9.47 Å². The molecule has 0 aromatic rings. The van der Waals surface area contributed by atoms with E-state index in [9.17, 15) is 9.59 Å². The second-order valence-electron chi connectivity index (χ2n) is 6.05. The predicted octanol–water partition coefficient (Wildman–Crippen LogP) is 2.44. The first-order valence-electron chi connectivity index (χ1n) is 6.93. The van der Waals surface area contributed by atoms with Gasteiger partial charge < -0.3 is 14.8 Å². The fraction of sp³-hybridized carbons (Fsp3) is 0.857. The smallest absolute Gasteiger partial charge is 0.407 e. The van der Waals surface area contributed by atoms with Crippen molar-refractivity contribution >= 4 is 23.8 Å². The van der Waals surface area contributed by atoms with E-state index in [-0.39, 0.29) is 11.9 Å². The van der Waals surface area contributed by atoms with E-state index >= 15 is 0 Å². The number of rotatable bonds is 4. The van der Waals surface area contributed by atoms with Crippen LogP contribution < -0.4 is 5.32 Å². The van der Waals surface area contributed by atoms with Gasteiger partial charge >= 0.3 is 12.1 Å². The monoisotopic (exact) mass is 303 g/mol. The lowest BCUT2D eigenvalue weighted by atomic mass is 9.88. The van der Waals surface area contributed by atoms with Crippen LogP contribution in [-0.4, -0.2) is 42.8 Å². The maximum absolute atomic E-state index is 11.7. The standard InChI is InChI=1S/C14H25NO4S/c1-14(2,3)19-13(17)15-8-11-9-20-6-5-10(11)7-12(16)18-4/h10-11H,5-9H2,1-4H3,(H,15,17). The van der Waals surface area contributed by atoms with Crippen molar-refractivity contribution in [2.24, 2.45) is 11.8 Å². The number of alkyl carbamates (subject to hydrolysis) is 1. The molecule has 0 aliphatic carbocycles. The summed E-state index contributed by atoms with van der Waals surface area (Å²) in [5.41, 5.74) is -0.489. The largest absolute Gasteiger partial charge is 0.469 e. The van der Waals surface area contributed by atoms with E-state index < -0.39 is 11.7 Å². The molecule has 1 rings (SSSR count). The number of hydrogen-bond donors (Lipinski definition) is 1. The zero-order chi connectivity index (χ0) is 15.2. The SMILES string of the molecule is COC(=O)CC1CCSCC1CNC(=O)OC(C)(C)C. The zero-order valence-corrected chi connectivity index (χ0v) is 13.5. The molecule has 116 valence electrons. The van der Waals surface area contributed by atoms with Crippen molar-refractivity contribution in [3.8, 4) is 0 Å². The van der Waals surface area contributed by atoms with E-state index in [1.54, 1.807) is 0 Å². The fourth-order valence-corrected chi connectivity index (χ4v) is 3.49. The summed E-state index contributed by atoms with van der Waals surface area (Å²) in [7, 11) is 1.41. The summed E-state index contributed by atoms with van der Waals surface area (Å²) in [4.78, 5) is 23.1. The van der Waals surface area contributed by atoms with Crippen molar-refractivity contribution in [1.82, 2.24) is 5.32 Å². The molecule has 1 N–H and O–H groups in total. The lowest BCUT2D eigenvalue weighted by Crippen LogP contribution is -2.39. The normalized spacial score (nSPS) is 23.0. The molecular formula is C14H25NO4S. The van der Waals surface area contributed by atoms with E-state index in [1.807, 2.05) is 32.5 Å². The highest BCUT2D eigenvalue weighted by Crippen LogP contribution is 2.31. The van der Waals surface area contributed by atoms with E-state index in [0.29, 0.717) is 18.9 Å². The van der Waals surface area contributed by atoms with E-state index in [1.165, 1.54) is 7.11 Å². The summed E-state index contributed by atoms with van der Waals surface area (Å²) in [6.45, 7) is 6.05. The molecule has 1 amide bonds. The van der Waals surface area contributed by atoms with Crippen LogP contribution in [0.4, 0.5) is 4.79 Å². The van der Waals surface area contributed by atoms with Gasteiger partial charge in [-0.1, -0.05) is 0 Å². The number of hydrogen-bond acceptors (Lipinski definition) is 5. The van der Waals surface area contributed by atoms with Gasteiger partial charge in [-0.05, 0) is 50.5 Å². The number of amides is 1. The minimum Gasteiger partial charge on any atom is -0.469 e. The summed E-state index contributed by atoms with van der Waals surface area (Å²) in [6.07, 6.45) is 1.02. The van der Waals surface area contributed by atoms with Crippen LogP contribution in [0.15, 0.2) is 0 Å². The molecular weight excluding hydrogens is 278 g/mol. The van der Waals surface area contributed by atoms with Crippen molar-refractivity contribution in [2.75, 3.05) is 25.2 Å². The highest BCUT2D eigenvalue weighted by Gasteiger charge is 2.28. The third-order valence-electron chi connectivity index (χ3n) is 3.20. The van der Waals surface area contributed by atoms with Crippen LogP contribution in [0.3, 0.4) is 0 Å². The first-order chi connectivity index (χ1) is 9.31. The lowest BCUT2D eigenvalue weighted by Gasteiger charge is -2.31. The summed E-state index contributed by atoms with van der Waals surface area (Å²) in [6, 6.07) is 0. The van der Waals surface area contributed by atoms with Crippen LogP contribution in [0.2, 0.25) is 0 Å². The Morgan fingerprint density at radius 1 is 1.30 bits per heavy atom. The molecule has 1 heterocycles. The second-order valence-corrected chi connectivity index (χ2v) is 7.20. The average molecular weight is 303 g/mol. The first-order valence-corrected chi connectivity index (χ1v) is 8.08. The van der Waals surface area contributed by atoms with Gasteiger partial charge in [0.1, 0.15) is 5.60 Å². The Bertz CT molecular complexity index is 341. The minimum atomic E-state index is -0.489. The molecule has 1 aliphatic heterocycles. The van der Waals surface area contributed by atoms with Crippen molar-refractivity contribution in [3.05, 3.63) is 0 Å². The third kappa shape index (κ3) is 6.50. The Morgan fingerprint density at radius 3 is 2.60 bits per heavy atom. The van der Waals surface area contributed by atoms with Crippen LogP contribution in [0, 0.1) is 11.8 Å². The molecule has 20 heavy (non-hydrogen) atoms. The highest BCUT2D eigenvalue weighted by atomic mass is 32.2. The van der Waals surface area contributed by atoms with Gasteiger partial charge in [-0.15, -0.1) is 0 Å². The third-order valence-corrected chi connectivity index (χ3v) is 4.38. The Kier molecular flexibility index (Phi) is 6.65. The van der Waals surface area contributed by atoms with Gasteiger partial charge in [0.2, 0.25) is 0 Å². The van der Waals surface area contributed by atoms with Crippen molar-refractivity contribution in [1.29, 1.82) is 0 Å². The quantitative estimate of drug-likeness (QED) is 0.808. The van der Waals surface area contributed by atoms with Crippen LogP contribution in [-0.2, 0) is 14.3 Å². The van der Waals surface area contributed by atoms with Gasteiger partial charge in [-0.2, -0.15) is 11.8 Å².